The van der Waals surface area contributed by atoms with E-state index in [0.717, 1.165) is 4.68 Å². The number of anilines is 1. The van der Waals surface area contributed by atoms with Gasteiger partial charge in [-0.25, -0.2) is 9.07 Å². The van der Waals surface area contributed by atoms with Crippen LogP contribution >= 0.6 is 0 Å². The highest BCUT2D eigenvalue weighted by atomic mass is 19.1. The van der Waals surface area contributed by atoms with E-state index in [-0.39, 0.29) is 5.56 Å². The Morgan fingerprint density at radius 1 is 1.40 bits per heavy atom. The summed E-state index contributed by atoms with van der Waals surface area (Å²) < 4.78 is 14.5. The summed E-state index contributed by atoms with van der Waals surface area (Å²) in [6, 6.07) is 6.45. The summed E-state index contributed by atoms with van der Waals surface area (Å²) in [5, 5.41) is 6.40. The molecule has 0 spiro atoms. The number of carbonyl (C=O) groups excluding carboxylic acids is 1. The standard InChI is InChI=1S/C14H14FN3O2/c1-9-5-6-11(8-12(9)15)17-14(20)10(2)18-13(19)4-3-7-16-18/h3-8,10H,1-2H3,(H,17,20). The molecule has 20 heavy (non-hydrogen) atoms. The van der Waals surface area contributed by atoms with E-state index in [9.17, 15) is 14.0 Å². The highest BCUT2D eigenvalue weighted by molar-refractivity contribution is 5.93. The van der Waals surface area contributed by atoms with Crippen molar-refractivity contribution in [2.24, 2.45) is 0 Å². The van der Waals surface area contributed by atoms with Crippen LogP contribution in [0, 0.1) is 12.7 Å². The van der Waals surface area contributed by atoms with Crippen LogP contribution in [-0.2, 0) is 4.79 Å². The third-order valence-electron chi connectivity index (χ3n) is 2.93. The first-order valence-corrected chi connectivity index (χ1v) is 6.10. The number of rotatable bonds is 3. The molecule has 0 aliphatic carbocycles. The van der Waals surface area contributed by atoms with E-state index in [1.807, 2.05) is 0 Å². The number of hydrogen-bond donors (Lipinski definition) is 1. The molecule has 0 radical (unpaired) electrons. The molecule has 0 aliphatic rings. The fraction of sp³-hybridized carbons (Fsp3) is 0.214. The molecule has 6 heteroatoms. The van der Waals surface area contributed by atoms with E-state index < -0.39 is 17.8 Å². The fourth-order valence-electron chi connectivity index (χ4n) is 1.69. The minimum absolute atomic E-state index is 0.342. The molecule has 1 unspecified atom stereocenters. The summed E-state index contributed by atoms with van der Waals surface area (Å²) in [5.41, 5.74) is 0.469. The smallest absolute Gasteiger partial charge is 0.267 e. The number of aromatic nitrogens is 2. The van der Waals surface area contributed by atoms with Gasteiger partial charge in [-0.1, -0.05) is 6.07 Å². The van der Waals surface area contributed by atoms with Crippen molar-refractivity contribution >= 4 is 11.6 Å². The summed E-state index contributed by atoms with van der Waals surface area (Å²) >= 11 is 0. The minimum atomic E-state index is -0.784. The van der Waals surface area contributed by atoms with E-state index in [1.54, 1.807) is 26.0 Å². The maximum absolute atomic E-state index is 13.4. The predicted molar refractivity (Wildman–Crippen MR) is 73.0 cm³/mol. The average Bonchev–Trinajstić information content (AvgIpc) is 2.42. The molecule has 1 atom stereocenters. The molecule has 0 saturated carbocycles. The molecule has 2 rings (SSSR count). The number of hydrogen-bond acceptors (Lipinski definition) is 3. The topological polar surface area (TPSA) is 64.0 Å². The Balaban J connectivity index is 2.18. The number of amides is 1. The van der Waals surface area contributed by atoms with Gasteiger partial charge in [-0.05, 0) is 37.6 Å². The van der Waals surface area contributed by atoms with Crippen molar-refractivity contribution in [1.29, 1.82) is 0 Å². The van der Waals surface area contributed by atoms with Crippen molar-refractivity contribution in [3.05, 3.63) is 58.3 Å². The zero-order chi connectivity index (χ0) is 14.7. The van der Waals surface area contributed by atoms with Crippen molar-refractivity contribution in [3.8, 4) is 0 Å². The maximum atomic E-state index is 13.4. The molecule has 104 valence electrons. The lowest BCUT2D eigenvalue weighted by Gasteiger charge is -2.13. The lowest BCUT2D eigenvalue weighted by molar-refractivity contribution is -0.119. The highest BCUT2D eigenvalue weighted by Crippen LogP contribution is 2.15. The van der Waals surface area contributed by atoms with Crippen molar-refractivity contribution in [2.45, 2.75) is 19.9 Å². The van der Waals surface area contributed by atoms with Gasteiger partial charge in [-0.15, -0.1) is 0 Å². The van der Waals surface area contributed by atoms with Crippen LogP contribution in [0.5, 0.6) is 0 Å². The molecule has 1 heterocycles. The number of nitrogens with zero attached hydrogens (tertiary/aromatic N) is 2. The molecule has 0 fully saturated rings. The molecule has 0 aliphatic heterocycles. The van der Waals surface area contributed by atoms with Gasteiger partial charge in [-0.2, -0.15) is 5.10 Å². The van der Waals surface area contributed by atoms with Crippen molar-refractivity contribution < 1.29 is 9.18 Å². The van der Waals surface area contributed by atoms with E-state index in [0.29, 0.717) is 11.3 Å². The van der Waals surface area contributed by atoms with Crippen molar-refractivity contribution in [1.82, 2.24) is 9.78 Å². The number of benzene rings is 1. The van der Waals surface area contributed by atoms with E-state index in [4.69, 9.17) is 0 Å². The summed E-state index contributed by atoms with van der Waals surface area (Å²) in [5.74, 6) is -0.834. The Morgan fingerprint density at radius 2 is 2.15 bits per heavy atom. The fourth-order valence-corrected chi connectivity index (χ4v) is 1.69. The molecule has 1 amide bonds. The summed E-state index contributed by atoms with van der Waals surface area (Å²) in [6.45, 7) is 3.19. The Hall–Kier alpha value is -2.50. The average molecular weight is 275 g/mol. The van der Waals surface area contributed by atoms with Gasteiger partial charge in [0.1, 0.15) is 11.9 Å². The summed E-state index contributed by atoms with van der Waals surface area (Å²) in [4.78, 5) is 23.6. The van der Waals surface area contributed by atoms with Crippen molar-refractivity contribution in [3.63, 3.8) is 0 Å². The predicted octanol–water partition coefficient (Wildman–Crippen LogP) is 1.89. The van der Waals surface area contributed by atoms with E-state index in [2.05, 4.69) is 10.4 Å². The zero-order valence-electron chi connectivity index (χ0n) is 11.1. The first-order valence-electron chi connectivity index (χ1n) is 6.10. The molecule has 0 bridgehead atoms. The van der Waals surface area contributed by atoms with Gasteiger partial charge in [-0.3, -0.25) is 9.59 Å². The van der Waals surface area contributed by atoms with Gasteiger partial charge < -0.3 is 5.32 Å². The van der Waals surface area contributed by atoms with Gasteiger partial charge in [0.05, 0.1) is 0 Å². The number of nitrogens with one attached hydrogen (secondary N) is 1. The molecule has 1 aromatic carbocycles. The van der Waals surface area contributed by atoms with Gasteiger partial charge in [0.2, 0.25) is 5.91 Å². The second kappa shape index (κ2) is 5.64. The van der Waals surface area contributed by atoms with Crippen LogP contribution in [0.1, 0.15) is 18.5 Å². The third kappa shape index (κ3) is 2.90. The number of carbonyl (C=O) groups is 1. The lowest BCUT2D eigenvalue weighted by atomic mass is 10.2. The number of aryl methyl sites for hydroxylation is 1. The van der Waals surface area contributed by atoms with Crippen LogP contribution in [0.25, 0.3) is 0 Å². The zero-order valence-corrected chi connectivity index (χ0v) is 11.1. The van der Waals surface area contributed by atoms with Crippen LogP contribution in [0.15, 0.2) is 41.3 Å². The summed E-state index contributed by atoms with van der Waals surface area (Å²) in [6.07, 6.45) is 1.43. The largest absolute Gasteiger partial charge is 0.324 e. The molecule has 5 nitrogen and oxygen atoms in total. The van der Waals surface area contributed by atoms with Crippen LogP contribution in [0.2, 0.25) is 0 Å². The first kappa shape index (κ1) is 13.9. The van der Waals surface area contributed by atoms with E-state index in [1.165, 1.54) is 24.4 Å². The Kier molecular flexibility index (Phi) is 3.93. The van der Waals surface area contributed by atoms with Gasteiger partial charge in [0.25, 0.3) is 5.56 Å². The molecule has 0 saturated heterocycles. The van der Waals surface area contributed by atoms with Crippen LogP contribution in [0.3, 0.4) is 0 Å². The van der Waals surface area contributed by atoms with Crippen molar-refractivity contribution in [2.75, 3.05) is 5.32 Å². The first-order chi connectivity index (χ1) is 9.49. The second-order valence-corrected chi connectivity index (χ2v) is 4.44. The Bertz CT molecular complexity index is 697. The maximum Gasteiger partial charge on any atom is 0.267 e. The minimum Gasteiger partial charge on any atom is -0.324 e. The lowest BCUT2D eigenvalue weighted by Crippen LogP contribution is -2.32. The monoisotopic (exact) mass is 275 g/mol. The molecule has 1 aromatic heterocycles. The molecule has 2 aromatic rings. The third-order valence-corrected chi connectivity index (χ3v) is 2.93. The second-order valence-electron chi connectivity index (χ2n) is 4.44. The van der Waals surface area contributed by atoms with Gasteiger partial charge in [0.15, 0.2) is 0 Å². The SMILES string of the molecule is Cc1ccc(NC(=O)C(C)n2ncccc2=O)cc1F. The Labute approximate surface area is 115 Å². The quantitative estimate of drug-likeness (QED) is 0.930. The summed E-state index contributed by atoms with van der Waals surface area (Å²) in [7, 11) is 0. The van der Waals surface area contributed by atoms with Gasteiger partial charge in [0, 0.05) is 18.0 Å². The molecular weight excluding hydrogens is 261 g/mol. The molecular formula is C14H14FN3O2. The van der Waals surface area contributed by atoms with Crippen LogP contribution in [0.4, 0.5) is 10.1 Å². The van der Waals surface area contributed by atoms with Gasteiger partial charge >= 0.3 is 0 Å². The van der Waals surface area contributed by atoms with Crippen LogP contribution < -0.4 is 10.9 Å². The number of halogens is 1. The van der Waals surface area contributed by atoms with Crippen LogP contribution in [-0.4, -0.2) is 15.7 Å². The normalized spacial score (nSPS) is 11.9. The highest BCUT2D eigenvalue weighted by Gasteiger charge is 2.17. The van der Waals surface area contributed by atoms with E-state index >= 15 is 0 Å². The molecule has 1 N–H and O–H groups in total. The Morgan fingerprint density at radius 3 is 2.80 bits per heavy atom.